The molecule has 112 valence electrons. The molecule has 0 atom stereocenters. The first-order valence-corrected chi connectivity index (χ1v) is 7.61. The second-order valence-corrected chi connectivity index (χ2v) is 6.40. The molecule has 1 saturated heterocycles. The maximum atomic E-state index is 12.5. The molecule has 0 saturated carbocycles. The summed E-state index contributed by atoms with van der Waals surface area (Å²) < 4.78 is 0. The molecule has 1 aliphatic rings. The molecule has 1 aromatic heterocycles. The van der Waals surface area contributed by atoms with Gasteiger partial charge in [-0.15, -0.1) is 0 Å². The highest BCUT2D eigenvalue weighted by atomic mass is 16.1. The van der Waals surface area contributed by atoms with Crippen LogP contribution in [0.15, 0.2) is 18.2 Å². The molecular formula is C17H23N3O. The monoisotopic (exact) mass is 285 g/mol. The number of H-pyrrole nitrogens is 1. The summed E-state index contributed by atoms with van der Waals surface area (Å²) in [4.78, 5) is 15.9. The Balaban J connectivity index is 1.85. The molecule has 0 radical (unpaired) electrons. The molecule has 0 unspecified atom stereocenters. The van der Waals surface area contributed by atoms with Crippen LogP contribution in [0.1, 0.15) is 41.4 Å². The predicted octanol–water partition coefficient (Wildman–Crippen LogP) is 2.66. The number of hydrogen-bond acceptors (Lipinski definition) is 2. The van der Waals surface area contributed by atoms with E-state index in [0.717, 1.165) is 48.1 Å². The first kappa shape index (κ1) is 14.1. The normalized spacial score (nSPS) is 17.9. The number of aryl methyl sites for hydroxylation is 2. The van der Waals surface area contributed by atoms with Crippen molar-refractivity contribution in [2.24, 2.45) is 0 Å². The third-order valence-corrected chi connectivity index (χ3v) is 4.69. The molecule has 1 amide bonds. The lowest BCUT2D eigenvalue weighted by molar-refractivity contribution is 0.0887. The first-order valence-electron chi connectivity index (χ1n) is 7.61. The topological polar surface area (TPSA) is 56.9 Å². The molecule has 1 fully saturated rings. The Hall–Kier alpha value is -1.81. The Morgan fingerprint density at radius 1 is 1.24 bits per heavy atom. The van der Waals surface area contributed by atoms with Gasteiger partial charge in [0.15, 0.2) is 0 Å². The molecule has 21 heavy (non-hydrogen) atoms. The van der Waals surface area contributed by atoms with Gasteiger partial charge in [0.2, 0.25) is 0 Å². The number of fused-ring (bicyclic) bond motifs is 1. The van der Waals surface area contributed by atoms with Gasteiger partial charge in [0.05, 0.1) is 0 Å². The molecule has 0 aliphatic carbocycles. The van der Waals surface area contributed by atoms with E-state index in [9.17, 15) is 4.79 Å². The highest BCUT2D eigenvalue weighted by molar-refractivity contribution is 5.99. The van der Waals surface area contributed by atoms with Gasteiger partial charge < -0.3 is 15.6 Å². The van der Waals surface area contributed by atoms with Crippen LogP contribution < -0.4 is 10.6 Å². The molecular weight excluding hydrogens is 262 g/mol. The van der Waals surface area contributed by atoms with Crippen molar-refractivity contribution in [2.75, 3.05) is 13.1 Å². The van der Waals surface area contributed by atoms with Crippen molar-refractivity contribution >= 4 is 16.8 Å². The lowest BCUT2D eigenvalue weighted by Crippen LogP contribution is -2.52. The number of aromatic amines is 1. The summed E-state index contributed by atoms with van der Waals surface area (Å²) in [6.07, 6.45) is 1.95. The number of aromatic nitrogens is 1. The van der Waals surface area contributed by atoms with E-state index >= 15 is 0 Å². The van der Waals surface area contributed by atoms with Crippen LogP contribution in [0.3, 0.4) is 0 Å². The average molecular weight is 285 g/mol. The number of benzene rings is 1. The molecule has 0 bridgehead atoms. The highest BCUT2D eigenvalue weighted by Crippen LogP contribution is 2.23. The van der Waals surface area contributed by atoms with Crippen LogP contribution in [0.25, 0.3) is 10.9 Å². The van der Waals surface area contributed by atoms with Crippen molar-refractivity contribution in [3.8, 4) is 0 Å². The number of rotatable bonds is 2. The zero-order valence-electron chi connectivity index (χ0n) is 13.0. The van der Waals surface area contributed by atoms with Gasteiger partial charge >= 0.3 is 0 Å². The van der Waals surface area contributed by atoms with Gasteiger partial charge in [-0.2, -0.15) is 0 Å². The average Bonchev–Trinajstić information content (AvgIpc) is 2.74. The zero-order chi connectivity index (χ0) is 15.0. The summed E-state index contributed by atoms with van der Waals surface area (Å²) in [5, 5.41) is 7.68. The van der Waals surface area contributed by atoms with E-state index < -0.39 is 0 Å². The summed E-state index contributed by atoms with van der Waals surface area (Å²) in [6.45, 7) is 8.21. The van der Waals surface area contributed by atoms with Gasteiger partial charge in [0.1, 0.15) is 0 Å². The SMILES string of the molecule is Cc1[nH]c2ccc(C(=O)NC3(C)CCNCC3)cc2c1C. The standard InChI is InChI=1S/C17H23N3O/c1-11-12(2)19-15-5-4-13(10-14(11)15)16(21)20-17(3)6-8-18-9-7-17/h4-5,10,18-19H,6-9H2,1-3H3,(H,20,21). The molecule has 2 heterocycles. The van der Waals surface area contributed by atoms with E-state index in [4.69, 9.17) is 0 Å². The number of carbonyl (C=O) groups is 1. The van der Waals surface area contributed by atoms with E-state index in [1.54, 1.807) is 0 Å². The van der Waals surface area contributed by atoms with Crippen LogP contribution in [0.2, 0.25) is 0 Å². The van der Waals surface area contributed by atoms with Gasteiger partial charge in [0.25, 0.3) is 5.91 Å². The Morgan fingerprint density at radius 2 is 1.95 bits per heavy atom. The van der Waals surface area contributed by atoms with Gasteiger partial charge in [-0.3, -0.25) is 4.79 Å². The van der Waals surface area contributed by atoms with E-state index in [0.29, 0.717) is 0 Å². The van der Waals surface area contributed by atoms with Crippen LogP contribution in [0, 0.1) is 13.8 Å². The third-order valence-electron chi connectivity index (χ3n) is 4.69. The fourth-order valence-electron chi connectivity index (χ4n) is 3.05. The fourth-order valence-corrected chi connectivity index (χ4v) is 3.05. The second kappa shape index (κ2) is 5.19. The number of carbonyl (C=O) groups excluding carboxylic acids is 1. The quantitative estimate of drug-likeness (QED) is 0.794. The van der Waals surface area contributed by atoms with Crippen molar-refractivity contribution in [1.82, 2.24) is 15.6 Å². The minimum atomic E-state index is -0.0968. The fraction of sp³-hybridized carbons (Fsp3) is 0.471. The molecule has 4 heteroatoms. The largest absolute Gasteiger partial charge is 0.358 e. The van der Waals surface area contributed by atoms with Gasteiger partial charge in [-0.25, -0.2) is 0 Å². The van der Waals surface area contributed by atoms with Crippen LogP contribution in [-0.2, 0) is 0 Å². The Kier molecular flexibility index (Phi) is 3.49. The first-order chi connectivity index (χ1) is 9.98. The maximum Gasteiger partial charge on any atom is 0.251 e. The Bertz CT molecular complexity index is 681. The van der Waals surface area contributed by atoms with Crippen LogP contribution >= 0.6 is 0 Å². The van der Waals surface area contributed by atoms with E-state index in [2.05, 4.69) is 36.4 Å². The van der Waals surface area contributed by atoms with Crippen LogP contribution in [0.4, 0.5) is 0 Å². The molecule has 3 N–H and O–H groups in total. The Labute approximate surface area is 125 Å². The maximum absolute atomic E-state index is 12.5. The van der Waals surface area contributed by atoms with E-state index in [1.165, 1.54) is 5.56 Å². The van der Waals surface area contributed by atoms with Crippen molar-refractivity contribution in [1.29, 1.82) is 0 Å². The van der Waals surface area contributed by atoms with Crippen LogP contribution in [0.5, 0.6) is 0 Å². The molecule has 1 aliphatic heterocycles. The minimum absolute atomic E-state index is 0.0274. The molecule has 3 rings (SSSR count). The molecule has 0 spiro atoms. The lowest BCUT2D eigenvalue weighted by atomic mass is 9.90. The molecule has 4 nitrogen and oxygen atoms in total. The Morgan fingerprint density at radius 3 is 2.67 bits per heavy atom. The summed E-state index contributed by atoms with van der Waals surface area (Å²) in [6, 6.07) is 5.89. The van der Waals surface area contributed by atoms with Gasteiger partial charge in [-0.05, 0) is 70.5 Å². The highest BCUT2D eigenvalue weighted by Gasteiger charge is 2.28. The molecule has 2 aromatic rings. The van der Waals surface area contributed by atoms with Gasteiger partial charge in [-0.1, -0.05) is 0 Å². The zero-order valence-corrected chi connectivity index (χ0v) is 13.0. The second-order valence-electron chi connectivity index (χ2n) is 6.40. The minimum Gasteiger partial charge on any atom is -0.358 e. The number of nitrogens with one attached hydrogen (secondary N) is 3. The van der Waals surface area contributed by atoms with Crippen molar-refractivity contribution in [3.63, 3.8) is 0 Å². The number of amides is 1. The summed E-state index contributed by atoms with van der Waals surface area (Å²) in [5.74, 6) is 0.0274. The number of piperidine rings is 1. The van der Waals surface area contributed by atoms with E-state index in [-0.39, 0.29) is 11.4 Å². The van der Waals surface area contributed by atoms with Gasteiger partial charge in [0, 0.05) is 27.7 Å². The van der Waals surface area contributed by atoms with Crippen LogP contribution in [-0.4, -0.2) is 29.5 Å². The smallest absolute Gasteiger partial charge is 0.251 e. The summed E-state index contributed by atoms with van der Waals surface area (Å²) in [7, 11) is 0. The summed E-state index contributed by atoms with van der Waals surface area (Å²) >= 11 is 0. The molecule has 1 aromatic carbocycles. The van der Waals surface area contributed by atoms with E-state index in [1.807, 2.05) is 18.2 Å². The van der Waals surface area contributed by atoms with Crippen molar-refractivity contribution in [3.05, 3.63) is 35.0 Å². The van der Waals surface area contributed by atoms with Crippen molar-refractivity contribution < 1.29 is 4.79 Å². The third kappa shape index (κ3) is 2.68. The lowest BCUT2D eigenvalue weighted by Gasteiger charge is -2.35. The summed E-state index contributed by atoms with van der Waals surface area (Å²) in [5.41, 5.74) is 4.11. The van der Waals surface area contributed by atoms with Crippen molar-refractivity contribution in [2.45, 2.75) is 39.2 Å². The number of hydrogen-bond donors (Lipinski definition) is 3. The predicted molar refractivity (Wildman–Crippen MR) is 85.7 cm³/mol.